The van der Waals surface area contributed by atoms with E-state index in [1.54, 1.807) is 0 Å². The Hall–Kier alpha value is -1.59. The summed E-state index contributed by atoms with van der Waals surface area (Å²) in [6.07, 6.45) is 58.1. The van der Waals surface area contributed by atoms with Crippen molar-refractivity contribution in [1.82, 2.24) is 0 Å². The molecule has 6 heteroatoms. The van der Waals surface area contributed by atoms with E-state index in [0.717, 1.165) is 63.7 Å². The quantitative estimate of drug-likeness (QED) is 0.0344. The molecule has 0 saturated carbocycles. The minimum Gasteiger partial charge on any atom is -0.462 e. The second-order valence-corrected chi connectivity index (χ2v) is 20.8. The van der Waals surface area contributed by atoms with Crippen LogP contribution in [0.3, 0.4) is 0 Å². The molecule has 0 radical (unpaired) electrons. The summed E-state index contributed by atoms with van der Waals surface area (Å²) in [7, 11) is 0. The van der Waals surface area contributed by atoms with Gasteiger partial charge in [0.05, 0.1) is 0 Å². The molecule has 0 amide bonds. The van der Waals surface area contributed by atoms with Gasteiger partial charge in [0.25, 0.3) is 0 Å². The van der Waals surface area contributed by atoms with E-state index in [1.165, 1.54) is 231 Å². The van der Waals surface area contributed by atoms with Crippen LogP contribution < -0.4 is 0 Å². The smallest absolute Gasteiger partial charge is 0.306 e. The van der Waals surface area contributed by atoms with Gasteiger partial charge in [-0.25, -0.2) is 0 Å². The first kappa shape index (κ1) is 63.4. The van der Waals surface area contributed by atoms with E-state index in [-0.39, 0.29) is 31.1 Å². The molecule has 0 aromatic rings. The first-order valence-corrected chi connectivity index (χ1v) is 29.4. The fourth-order valence-corrected chi connectivity index (χ4v) is 9.10. The van der Waals surface area contributed by atoms with Crippen LogP contribution in [0.2, 0.25) is 0 Å². The lowest BCUT2D eigenvalue weighted by Gasteiger charge is -2.18. The highest BCUT2D eigenvalue weighted by Crippen LogP contribution is 2.18. The van der Waals surface area contributed by atoms with Gasteiger partial charge in [0.1, 0.15) is 13.2 Å². The van der Waals surface area contributed by atoms with Gasteiger partial charge in [0, 0.05) is 19.3 Å². The molecule has 0 unspecified atom stereocenters. The molecular formula is C59H114O6. The molecule has 0 bridgehead atoms. The molecule has 0 aliphatic carbocycles. The second kappa shape index (κ2) is 53.4. The SMILES string of the molecule is CCCCCCCCCCCCCCCCCCCC(=O)O[C@@H](COC(=O)CCCCCCCCCCCCCC)COC(=O)CCCCCCCCCCCCCCCCCC(C)C. The van der Waals surface area contributed by atoms with Crippen molar-refractivity contribution in [2.24, 2.45) is 5.92 Å². The monoisotopic (exact) mass is 919 g/mol. The van der Waals surface area contributed by atoms with Crippen LogP contribution in [-0.4, -0.2) is 37.2 Å². The van der Waals surface area contributed by atoms with Crippen molar-refractivity contribution in [3.05, 3.63) is 0 Å². The molecule has 0 aliphatic rings. The Labute approximate surface area is 406 Å². The minimum absolute atomic E-state index is 0.0617. The molecule has 0 aromatic carbocycles. The number of carbonyl (C=O) groups is 3. The Kier molecular flexibility index (Phi) is 52.1. The van der Waals surface area contributed by atoms with Gasteiger partial charge in [0.2, 0.25) is 0 Å². The van der Waals surface area contributed by atoms with E-state index in [4.69, 9.17) is 14.2 Å². The molecule has 1 atom stereocenters. The lowest BCUT2D eigenvalue weighted by molar-refractivity contribution is -0.167. The van der Waals surface area contributed by atoms with Gasteiger partial charge in [-0.1, -0.05) is 297 Å². The van der Waals surface area contributed by atoms with Crippen molar-refractivity contribution in [1.29, 1.82) is 0 Å². The summed E-state index contributed by atoms with van der Waals surface area (Å²) in [6.45, 7) is 9.07. The zero-order valence-corrected chi connectivity index (χ0v) is 44.5. The number of hydrogen-bond acceptors (Lipinski definition) is 6. The van der Waals surface area contributed by atoms with Crippen LogP contribution in [0.1, 0.15) is 336 Å². The maximum Gasteiger partial charge on any atom is 0.306 e. The second-order valence-electron chi connectivity index (χ2n) is 20.8. The topological polar surface area (TPSA) is 78.9 Å². The average Bonchev–Trinajstić information content (AvgIpc) is 3.29. The Balaban J connectivity index is 4.27. The van der Waals surface area contributed by atoms with Crippen LogP contribution in [0.4, 0.5) is 0 Å². The Morgan fingerprint density at radius 1 is 0.292 bits per heavy atom. The van der Waals surface area contributed by atoms with E-state index >= 15 is 0 Å². The molecular weight excluding hydrogens is 805 g/mol. The van der Waals surface area contributed by atoms with E-state index in [0.29, 0.717) is 19.3 Å². The number of unbranched alkanes of at least 4 members (excludes halogenated alkanes) is 41. The summed E-state index contributed by atoms with van der Waals surface area (Å²) in [5, 5.41) is 0. The molecule has 0 saturated heterocycles. The number of carbonyl (C=O) groups excluding carboxylic acids is 3. The van der Waals surface area contributed by atoms with Crippen LogP contribution in [0, 0.1) is 5.92 Å². The van der Waals surface area contributed by atoms with Crippen LogP contribution in [0.15, 0.2) is 0 Å². The summed E-state index contributed by atoms with van der Waals surface area (Å²) in [5.41, 5.74) is 0. The van der Waals surface area contributed by atoms with Crippen LogP contribution in [0.5, 0.6) is 0 Å². The Morgan fingerprint density at radius 3 is 0.754 bits per heavy atom. The summed E-state index contributed by atoms with van der Waals surface area (Å²) in [4.78, 5) is 38.1. The number of hydrogen-bond donors (Lipinski definition) is 0. The third kappa shape index (κ3) is 53.2. The third-order valence-electron chi connectivity index (χ3n) is 13.5. The molecule has 0 rings (SSSR count). The van der Waals surface area contributed by atoms with Gasteiger partial charge in [-0.05, 0) is 25.2 Å². The van der Waals surface area contributed by atoms with Crippen molar-refractivity contribution < 1.29 is 28.6 Å². The minimum atomic E-state index is -0.761. The van der Waals surface area contributed by atoms with Crippen molar-refractivity contribution in [2.45, 2.75) is 342 Å². The normalized spacial score (nSPS) is 12.0. The van der Waals surface area contributed by atoms with Gasteiger partial charge in [-0.15, -0.1) is 0 Å². The lowest BCUT2D eigenvalue weighted by atomic mass is 10.0. The molecule has 0 N–H and O–H groups in total. The molecule has 0 fully saturated rings. The summed E-state index contributed by atoms with van der Waals surface area (Å²) in [5.74, 6) is 0.0150. The van der Waals surface area contributed by atoms with Crippen molar-refractivity contribution in [3.8, 4) is 0 Å². The highest BCUT2D eigenvalue weighted by Gasteiger charge is 2.19. The maximum atomic E-state index is 12.9. The van der Waals surface area contributed by atoms with E-state index in [2.05, 4.69) is 27.7 Å². The molecule has 6 nitrogen and oxygen atoms in total. The number of rotatable bonds is 54. The standard InChI is InChI=1S/C59H114O6/c1-5-7-9-11-13-15-17-19-20-21-24-28-32-36-40-44-48-52-59(62)65-56(53-63-57(60)50-46-42-38-34-30-18-16-14-12-10-8-6-2)54-64-58(61)51-47-43-39-35-31-27-25-22-23-26-29-33-37-41-45-49-55(3)4/h55-56H,5-54H2,1-4H3/t56-/m0/s1. The van der Waals surface area contributed by atoms with Gasteiger partial charge in [-0.2, -0.15) is 0 Å². The number of ether oxygens (including phenoxy) is 3. The molecule has 0 spiro atoms. The zero-order valence-electron chi connectivity index (χ0n) is 44.5. The van der Waals surface area contributed by atoms with Gasteiger partial charge in [-0.3, -0.25) is 14.4 Å². The highest BCUT2D eigenvalue weighted by molar-refractivity contribution is 5.71. The third-order valence-corrected chi connectivity index (χ3v) is 13.5. The average molecular weight is 920 g/mol. The maximum absolute atomic E-state index is 12.9. The fourth-order valence-electron chi connectivity index (χ4n) is 9.10. The van der Waals surface area contributed by atoms with Crippen LogP contribution >= 0.6 is 0 Å². The van der Waals surface area contributed by atoms with Gasteiger partial charge < -0.3 is 14.2 Å². The van der Waals surface area contributed by atoms with Crippen molar-refractivity contribution >= 4 is 17.9 Å². The van der Waals surface area contributed by atoms with Crippen LogP contribution in [-0.2, 0) is 28.6 Å². The Morgan fingerprint density at radius 2 is 0.508 bits per heavy atom. The van der Waals surface area contributed by atoms with E-state index in [9.17, 15) is 14.4 Å². The summed E-state index contributed by atoms with van der Waals surface area (Å²) < 4.78 is 16.9. The predicted molar refractivity (Wildman–Crippen MR) is 280 cm³/mol. The van der Waals surface area contributed by atoms with E-state index in [1.807, 2.05) is 0 Å². The van der Waals surface area contributed by atoms with E-state index < -0.39 is 6.10 Å². The molecule has 0 aromatic heterocycles. The molecule has 0 aliphatic heterocycles. The van der Waals surface area contributed by atoms with Crippen molar-refractivity contribution in [3.63, 3.8) is 0 Å². The van der Waals surface area contributed by atoms with Gasteiger partial charge in [0.15, 0.2) is 6.10 Å². The zero-order chi connectivity index (χ0) is 47.4. The van der Waals surface area contributed by atoms with Gasteiger partial charge >= 0.3 is 17.9 Å². The summed E-state index contributed by atoms with van der Waals surface area (Å²) >= 11 is 0. The fraction of sp³-hybridized carbons (Fsp3) is 0.949. The first-order chi connectivity index (χ1) is 31.9. The highest BCUT2D eigenvalue weighted by atomic mass is 16.6. The first-order valence-electron chi connectivity index (χ1n) is 29.4. The largest absolute Gasteiger partial charge is 0.462 e. The molecule has 0 heterocycles. The number of esters is 3. The van der Waals surface area contributed by atoms with Crippen LogP contribution in [0.25, 0.3) is 0 Å². The lowest BCUT2D eigenvalue weighted by Crippen LogP contribution is -2.30. The van der Waals surface area contributed by atoms with Crippen molar-refractivity contribution in [2.75, 3.05) is 13.2 Å². The Bertz CT molecular complexity index is 980. The molecule has 65 heavy (non-hydrogen) atoms. The summed E-state index contributed by atoms with van der Waals surface area (Å²) in [6, 6.07) is 0. The molecule has 386 valence electrons. The predicted octanol–water partition coefficient (Wildman–Crippen LogP) is 19.4.